The van der Waals surface area contributed by atoms with Gasteiger partial charge in [-0.2, -0.15) is 5.10 Å². The van der Waals surface area contributed by atoms with Crippen LogP contribution in [0.1, 0.15) is 25.7 Å². The van der Waals surface area contributed by atoms with E-state index >= 15 is 0 Å². The number of nitrogens with one attached hydrogen (secondary N) is 1. The van der Waals surface area contributed by atoms with Gasteiger partial charge < -0.3 is 15.0 Å². The molecule has 1 unspecified atom stereocenters. The quantitative estimate of drug-likeness (QED) is 0.640. The summed E-state index contributed by atoms with van der Waals surface area (Å²) in [6.07, 6.45) is 4.55. The molecule has 1 aromatic heterocycles. The molecule has 3 fully saturated rings. The molecule has 2 saturated heterocycles. The SMILES string of the molecule is [C-]#[N+]c1cc(-c2cc(F)ccc2Cl)nnc1NC1C[C@@H]2CN(CC3CCOCC3)C[C@@H]2C1. The second kappa shape index (κ2) is 9.30. The van der Waals surface area contributed by atoms with Crippen LogP contribution in [0.25, 0.3) is 16.1 Å². The normalized spacial score (nSPS) is 26.1. The lowest BCUT2D eigenvalue weighted by molar-refractivity contribution is 0.0545. The van der Waals surface area contributed by atoms with Crippen LogP contribution in [0.5, 0.6) is 0 Å². The summed E-state index contributed by atoms with van der Waals surface area (Å²) in [5.41, 5.74) is 1.22. The van der Waals surface area contributed by atoms with Crippen LogP contribution in [0.2, 0.25) is 5.02 Å². The van der Waals surface area contributed by atoms with Gasteiger partial charge in [0.1, 0.15) is 5.82 Å². The van der Waals surface area contributed by atoms with E-state index in [9.17, 15) is 4.39 Å². The molecule has 0 spiro atoms. The number of aromatic nitrogens is 2. The van der Waals surface area contributed by atoms with Gasteiger partial charge in [0.25, 0.3) is 0 Å². The first-order chi connectivity index (χ1) is 15.6. The van der Waals surface area contributed by atoms with E-state index in [2.05, 4.69) is 25.3 Å². The van der Waals surface area contributed by atoms with Crippen LogP contribution < -0.4 is 5.32 Å². The van der Waals surface area contributed by atoms with Gasteiger partial charge in [-0.1, -0.05) is 11.6 Å². The average molecular weight is 456 g/mol. The molecule has 6 nitrogen and oxygen atoms in total. The van der Waals surface area contributed by atoms with Crippen LogP contribution in [-0.2, 0) is 4.74 Å². The van der Waals surface area contributed by atoms with Gasteiger partial charge in [-0.05, 0) is 67.7 Å². The Kier molecular flexibility index (Phi) is 6.27. The van der Waals surface area contributed by atoms with Crippen molar-refractivity contribution in [2.24, 2.45) is 17.8 Å². The summed E-state index contributed by atoms with van der Waals surface area (Å²) in [6.45, 7) is 12.9. The minimum absolute atomic E-state index is 0.300. The van der Waals surface area contributed by atoms with Crippen molar-refractivity contribution in [3.05, 3.63) is 46.5 Å². The van der Waals surface area contributed by atoms with Gasteiger partial charge in [0.2, 0.25) is 5.69 Å². The summed E-state index contributed by atoms with van der Waals surface area (Å²) in [5.74, 6) is 2.27. The fourth-order valence-corrected chi connectivity index (χ4v) is 5.76. The largest absolute Gasteiger partial charge is 0.381 e. The predicted octanol–water partition coefficient (Wildman–Crippen LogP) is 5.04. The van der Waals surface area contributed by atoms with E-state index in [1.165, 1.54) is 50.7 Å². The number of anilines is 1. The number of ether oxygens (including phenoxy) is 1. The molecule has 2 aliphatic heterocycles. The van der Waals surface area contributed by atoms with E-state index in [1.807, 2.05) is 0 Å². The van der Waals surface area contributed by atoms with E-state index in [0.29, 0.717) is 45.7 Å². The van der Waals surface area contributed by atoms with E-state index < -0.39 is 5.82 Å². The Labute approximate surface area is 192 Å². The summed E-state index contributed by atoms with van der Waals surface area (Å²) in [5, 5.41) is 12.3. The third-order valence-electron chi connectivity index (χ3n) is 7.12. The van der Waals surface area contributed by atoms with Crippen molar-refractivity contribution in [3.8, 4) is 11.3 Å². The maximum Gasteiger partial charge on any atom is 0.232 e. The number of fused-ring (bicyclic) bond motifs is 1. The van der Waals surface area contributed by atoms with E-state index in [4.69, 9.17) is 22.9 Å². The van der Waals surface area contributed by atoms with Crippen molar-refractivity contribution < 1.29 is 9.13 Å². The Morgan fingerprint density at radius 2 is 1.91 bits per heavy atom. The van der Waals surface area contributed by atoms with Crippen LogP contribution in [0.15, 0.2) is 24.3 Å². The number of likely N-dealkylation sites (tertiary alicyclic amines) is 1. The van der Waals surface area contributed by atoms with Crippen molar-refractivity contribution in [1.29, 1.82) is 0 Å². The van der Waals surface area contributed by atoms with Crippen molar-refractivity contribution >= 4 is 23.1 Å². The van der Waals surface area contributed by atoms with E-state index in [-0.39, 0.29) is 0 Å². The fraction of sp³-hybridized carbons (Fsp3) is 0.542. The Morgan fingerprint density at radius 1 is 1.16 bits per heavy atom. The number of hydrogen-bond acceptors (Lipinski definition) is 5. The van der Waals surface area contributed by atoms with Crippen LogP contribution >= 0.6 is 11.6 Å². The number of rotatable bonds is 5. The van der Waals surface area contributed by atoms with Crippen molar-refractivity contribution in [2.75, 3.05) is 38.2 Å². The number of nitrogens with zero attached hydrogens (tertiary/aromatic N) is 4. The summed E-state index contributed by atoms with van der Waals surface area (Å²) in [7, 11) is 0. The van der Waals surface area contributed by atoms with Gasteiger partial charge in [-0.25, -0.2) is 9.24 Å². The minimum Gasteiger partial charge on any atom is -0.381 e. The maximum atomic E-state index is 13.6. The second-order valence-electron chi connectivity index (χ2n) is 9.31. The molecule has 3 atom stereocenters. The zero-order valence-corrected chi connectivity index (χ0v) is 18.7. The highest BCUT2D eigenvalue weighted by Gasteiger charge is 2.41. The molecule has 8 heteroatoms. The van der Waals surface area contributed by atoms with Crippen molar-refractivity contribution in [2.45, 2.75) is 31.7 Å². The summed E-state index contributed by atoms with van der Waals surface area (Å²) < 4.78 is 19.1. The highest BCUT2D eigenvalue weighted by Crippen LogP contribution is 2.41. The van der Waals surface area contributed by atoms with Gasteiger partial charge >= 0.3 is 0 Å². The van der Waals surface area contributed by atoms with Gasteiger partial charge in [0.15, 0.2) is 5.82 Å². The number of hydrogen-bond donors (Lipinski definition) is 1. The van der Waals surface area contributed by atoms with E-state index in [0.717, 1.165) is 32.0 Å². The second-order valence-corrected chi connectivity index (χ2v) is 9.71. The first kappa shape index (κ1) is 21.6. The molecule has 32 heavy (non-hydrogen) atoms. The Hall–Kier alpha value is -2.27. The van der Waals surface area contributed by atoms with Crippen LogP contribution in [0.3, 0.4) is 0 Å². The molecule has 1 N–H and O–H groups in total. The number of benzene rings is 1. The third kappa shape index (κ3) is 4.59. The molecule has 0 bridgehead atoms. The van der Waals surface area contributed by atoms with Gasteiger partial charge in [-0.15, -0.1) is 5.10 Å². The molecule has 1 aromatic carbocycles. The minimum atomic E-state index is -0.402. The van der Waals surface area contributed by atoms with Crippen LogP contribution in [0, 0.1) is 30.1 Å². The molecule has 1 saturated carbocycles. The van der Waals surface area contributed by atoms with Crippen LogP contribution in [-0.4, -0.2) is 54.0 Å². The van der Waals surface area contributed by atoms with Crippen molar-refractivity contribution in [3.63, 3.8) is 0 Å². The standard InChI is InChI=1S/C24H27ClFN5O/c1-27-23-11-22(20-10-18(26)2-3-21(20)25)29-30-24(23)28-19-8-16-13-31(14-17(16)9-19)12-15-4-6-32-7-5-15/h2-3,10-11,15-17,19H,4-9,12-14H2,(H,28,30)/t16-,17+,19?. The highest BCUT2D eigenvalue weighted by molar-refractivity contribution is 6.33. The topological polar surface area (TPSA) is 54.6 Å². The van der Waals surface area contributed by atoms with Crippen molar-refractivity contribution in [1.82, 2.24) is 15.1 Å². The summed E-state index contributed by atoms with van der Waals surface area (Å²) >= 11 is 6.19. The van der Waals surface area contributed by atoms with E-state index in [1.54, 1.807) is 6.07 Å². The molecule has 0 amide bonds. The molecule has 0 radical (unpaired) electrons. The summed E-state index contributed by atoms with van der Waals surface area (Å²) in [6, 6.07) is 6.03. The first-order valence-corrected chi connectivity index (χ1v) is 11.7. The average Bonchev–Trinajstić information content (AvgIpc) is 3.34. The first-order valence-electron chi connectivity index (χ1n) is 11.4. The van der Waals surface area contributed by atoms with Gasteiger partial charge in [0.05, 0.1) is 17.3 Å². The summed E-state index contributed by atoms with van der Waals surface area (Å²) in [4.78, 5) is 6.27. The molecular weight excluding hydrogens is 429 g/mol. The lowest BCUT2D eigenvalue weighted by atomic mass is 10.00. The zero-order valence-electron chi connectivity index (χ0n) is 17.9. The monoisotopic (exact) mass is 455 g/mol. The highest BCUT2D eigenvalue weighted by atomic mass is 35.5. The third-order valence-corrected chi connectivity index (χ3v) is 7.45. The van der Waals surface area contributed by atoms with Gasteiger partial charge in [0, 0.05) is 44.5 Å². The molecule has 5 rings (SSSR count). The molecule has 168 valence electrons. The molecule has 3 heterocycles. The Balaban J connectivity index is 1.21. The van der Waals surface area contributed by atoms with Crippen LogP contribution in [0.4, 0.5) is 15.9 Å². The lowest BCUT2D eigenvalue weighted by Crippen LogP contribution is -2.32. The molecule has 1 aliphatic carbocycles. The van der Waals surface area contributed by atoms with Gasteiger partial charge in [-0.3, -0.25) is 0 Å². The molecule has 3 aliphatic rings. The zero-order chi connectivity index (χ0) is 22.1. The predicted molar refractivity (Wildman–Crippen MR) is 122 cm³/mol. The molecule has 2 aromatic rings. The molecular formula is C24H27ClFN5O. The fourth-order valence-electron chi connectivity index (χ4n) is 5.55. The maximum absolute atomic E-state index is 13.6. The number of halogens is 2. The smallest absolute Gasteiger partial charge is 0.232 e. The Bertz CT molecular complexity index is 1010. The lowest BCUT2D eigenvalue weighted by Gasteiger charge is -2.27. The Morgan fingerprint density at radius 3 is 2.62 bits per heavy atom.